The number of benzene rings is 1. The number of nitrogens with two attached hydrogens (primary N) is 1. The minimum atomic E-state index is -3.23. The van der Waals surface area contributed by atoms with E-state index in [0.717, 1.165) is 12.8 Å². The molecule has 0 saturated carbocycles. The lowest BCUT2D eigenvalue weighted by atomic mass is 10.1. The molecule has 0 amide bonds. The normalized spacial score (nSPS) is 13.6. The topological polar surface area (TPSA) is 60.2 Å². The van der Waals surface area contributed by atoms with Crippen molar-refractivity contribution in [3.63, 3.8) is 0 Å². The molecule has 0 radical (unpaired) electrons. The Morgan fingerprint density at radius 1 is 1.41 bits per heavy atom. The molecule has 0 saturated heterocycles. The maximum absolute atomic E-state index is 12.0. The second kappa shape index (κ2) is 6.38. The van der Waals surface area contributed by atoms with Gasteiger partial charge in [0.2, 0.25) is 0 Å². The maximum atomic E-state index is 12.0. The van der Waals surface area contributed by atoms with E-state index in [1.807, 2.05) is 6.92 Å². The third kappa shape index (κ3) is 4.66. The highest BCUT2D eigenvalue weighted by Gasteiger charge is 2.14. The Bertz CT molecular complexity index is 459. The first-order chi connectivity index (χ1) is 7.95. The summed E-state index contributed by atoms with van der Waals surface area (Å²) in [7, 11) is -3.23. The fraction of sp³-hybridized carbons (Fsp3) is 0.500. The molecule has 0 bridgehead atoms. The lowest BCUT2D eigenvalue weighted by Gasteiger charge is -2.08. The van der Waals surface area contributed by atoms with Crippen LogP contribution < -0.4 is 5.73 Å². The zero-order valence-electron chi connectivity index (χ0n) is 9.90. The monoisotopic (exact) mass is 275 g/mol. The molecule has 1 rings (SSSR count). The van der Waals surface area contributed by atoms with Gasteiger partial charge in [0.25, 0.3) is 0 Å². The Balaban J connectivity index is 2.63. The standard InChI is InChI=1S/C12H18ClNO2S/c1-2-11(14)6-4-8-17(15,16)12-7-3-5-10(13)9-12/h3,5,7,9,11H,2,4,6,8,14H2,1H3. The van der Waals surface area contributed by atoms with Gasteiger partial charge in [0.1, 0.15) is 0 Å². The van der Waals surface area contributed by atoms with Gasteiger partial charge in [0, 0.05) is 11.1 Å². The summed E-state index contributed by atoms with van der Waals surface area (Å²) in [5.41, 5.74) is 5.75. The lowest BCUT2D eigenvalue weighted by Crippen LogP contribution is -2.19. The van der Waals surface area contributed by atoms with Crippen molar-refractivity contribution in [3.05, 3.63) is 29.3 Å². The predicted octanol–water partition coefficient (Wildman–Crippen LogP) is 2.63. The maximum Gasteiger partial charge on any atom is 0.178 e. The van der Waals surface area contributed by atoms with E-state index in [0.29, 0.717) is 11.4 Å². The van der Waals surface area contributed by atoms with Crippen LogP contribution in [-0.2, 0) is 9.84 Å². The summed E-state index contributed by atoms with van der Waals surface area (Å²) in [5, 5.41) is 0.441. The van der Waals surface area contributed by atoms with Gasteiger partial charge in [0.05, 0.1) is 10.6 Å². The molecule has 5 heteroatoms. The van der Waals surface area contributed by atoms with Crippen LogP contribution in [0.2, 0.25) is 5.02 Å². The van der Waals surface area contributed by atoms with E-state index in [2.05, 4.69) is 0 Å². The number of hydrogen-bond acceptors (Lipinski definition) is 3. The zero-order chi connectivity index (χ0) is 12.9. The fourth-order valence-corrected chi connectivity index (χ4v) is 3.15. The molecule has 0 spiro atoms. The highest BCUT2D eigenvalue weighted by molar-refractivity contribution is 7.91. The third-order valence-corrected chi connectivity index (χ3v) is 4.70. The van der Waals surface area contributed by atoms with Gasteiger partial charge in [-0.1, -0.05) is 24.6 Å². The van der Waals surface area contributed by atoms with Crippen LogP contribution >= 0.6 is 11.6 Å². The molecule has 3 nitrogen and oxygen atoms in total. The molecule has 0 aromatic heterocycles. The van der Waals surface area contributed by atoms with Crippen molar-refractivity contribution in [2.75, 3.05) is 5.75 Å². The average Bonchev–Trinajstić information content (AvgIpc) is 2.28. The van der Waals surface area contributed by atoms with Crippen molar-refractivity contribution < 1.29 is 8.42 Å². The van der Waals surface area contributed by atoms with Crippen molar-refractivity contribution in [2.24, 2.45) is 5.73 Å². The van der Waals surface area contributed by atoms with E-state index in [4.69, 9.17) is 17.3 Å². The molecule has 1 aromatic carbocycles. The van der Waals surface area contributed by atoms with Crippen LogP contribution in [0.3, 0.4) is 0 Å². The van der Waals surface area contributed by atoms with Crippen LogP contribution in [0.4, 0.5) is 0 Å². The minimum Gasteiger partial charge on any atom is -0.328 e. The first-order valence-corrected chi connectivity index (χ1v) is 7.72. The Morgan fingerprint density at radius 2 is 2.12 bits per heavy atom. The van der Waals surface area contributed by atoms with Gasteiger partial charge in [-0.2, -0.15) is 0 Å². The summed E-state index contributed by atoms with van der Waals surface area (Å²) < 4.78 is 23.9. The zero-order valence-corrected chi connectivity index (χ0v) is 11.5. The predicted molar refractivity (Wildman–Crippen MR) is 71.0 cm³/mol. The molecule has 0 heterocycles. The number of halogens is 1. The molecule has 0 aliphatic heterocycles. The number of sulfone groups is 1. The molecule has 0 aliphatic rings. The molecule has 1 unspecified atom stereocenters. The molecule has 0 fully saturated rings. The van der Waals surface area contributed by atoms with Crippen molar-refractivity contribution >= 4 is 21.4 Å². The van der Waals surface area contributed by atoms with E-state index in [-0.39, 0.29) is 16.7 Å². The smallest absolute Gasteiger partial charge is 0.178 e. The average molecular weight is 276 g/mol. The Kier molecular flexibility index (Phi) is 5.43. The van der Waals surface area contributed by atoms with Gasteiger partial charge in [-0.05, 0) is 37.5 Å². The van der Waals surface area contributed by atoms with Gasteiger partial charge in [-0.15, -0.1) is 0 Å². The summed E-state index contributed by atoms with van der Waals surface area (Å²) in [5.74, 6) is 0.126. The molecule has 1 atom stereocenters. The Labute approximate surface area is 108 Å². The summed E-state index contributed by atoms with van der Waals surface area (Å²) in [6.45, 7) is 2.00. The lowest BCUT2D eigenvalue weighted by molar-refractivity contribution is 0.567. The Hall–Kier alpha value is -0.580. The molecule has 1 aromatic rings. The van der Waals surface area contributed by atoms with Crippen LogP contribution in [0, 0.1) is 0 Å². The van der Waals surface area contributed by atoms with Crippen LogP contribution in [0.1, 0.15) is 26.2 Å². The second-order valence-corrected chi connectivity index (χ2v) is 6.63. The number of hydrogen-bond donors (Lipinski definition) is 1. The number of rotatable bonds is 6. The summed E-state index contributed by atoms with van der Waals surface area (Å²) in [6.07, 6.45) is 2.19. The third-order valence-electron chi connectivity index (χ3n) is 2.67. The van der Waals surface area contributed by atoms with Crippen LogP contribution in [-0.4, -0.2) is 20.2 Å². The van der Waals surface area contributed by atoms with Crippen LogP contribution in [0.15, 0.2) is 29.2 Å². The molecule has 17 heavy (non-hydrogen) atoms. The van der Waals surface area contributed by atoms with Gasteiger partial charge in [-0.3, -0.25) is 0 Å². The summed E-state index contributed by atoms with van der Waals surface area (Å²) in [4.78, 5) is 0.287. The molecule has 96 valence electrons. The first kappa shape index (κ1) is 14.5. The largest absolute Gasteiger partial charge is 0.328 e. The van der Waals surface area contributed by atoms with E-state index in [1.54, 1.807) is 18.2 Å². The van der Waals surface area contributed by atoms with Crippen molar-refractivity contribution in [3.8, 4) is 0 Å². The molecular formula is C12H18ClNO2S. The minimum absolute atomic E-state index is 0.0876. The fourth-order valence-electron chi connectivity index (χ4n) is 1.52. The van der Waals surface area contributed by atoms with Crippen molar-refractivity contribution in [1.82, 2.24) is 0 Å². The molecular weight excluding hydrogens is 258 g/mol. The van der Waals surface area contributed by atoms with Crippen molar-refractivity contribution in [1.29, 1.82) is 0 Å². The Morgan fingerprint density at radius 3 is 2.71 bits per heavy atom. The van der Waals surface area contributed by atoms with Crippen LogP contribution in [0.5, 0.6) is 0 Å². The first-order valence-electron chi connectivity index (χ1n) is 5.69. The second-order valence-electron chi connectivity index (χ2n) is 4.09. The summed E-state index contributed by atoms with van der Waals surface area (Å²) in [6, 6.07) is 6.45. The molecule has 0 aliphatic carbocycles. The molecule has 2 N–H and O–H groups in total. The van der Waals surface area contributed by atoms with Crippen molar-refractivity contribution in [2.45, 2.75) is 37.1 Å². The quantitative estimate of drug-likeness (QED) is 0.868. The summed E-state index contributed by atoms with van der Waals surface area (Å²) >= 11 is 5.77. The van der Waals surface area contributed by atoms with E-state index in [9.17, 15) is 8.42 Å². The van der Waals surface area contributed by atoms with Gasteiger partial charge < -0.3 is 5.73 Å². The van der Waals surface area contributed by atoms with Gasteiger partial charge >= 0.3 is 0 Å². The van der Waals surface area contributed by atoms with Gasteiger partial charge in [-0.25, -0.2) is 8.42 Å². The highest BCUT2D eigenvalue weighted by Crippen LogP contribution is 2.17. The van der Waals surface area contributed by atoms with E-state index < -0.39 is 9.84 Å². The van der Waals surface area contributed by atoms with Crippen LogP contribution in [0.25, 0.3) is 0 Å². The van der Waals surface area contributed by atoms with Gasteiger partial charge in [0.15, 0.2) is 9.84 Å². The van der Waals surface area contributed by atoms with E-state index in [1.165, 1.54) is 6.07 Å². The van der Waals surface area contributed by atoms with E-state index >= 15 is 0 Å². The highest BCUT2D eigenvalue weighted by atomic mass is 35.5. The SMILES string of the molecule is CCC(N)CCCS(=O)(=O)c1cccc(Cl)c1.